The van der Waals surface area contributed by atoms with E-state index >= 15 is 0 Å². The molecule has 0 bridgehead atoms. The number of rotatable bonds is 4. The molecule has 4 heterocycles. The Morgan fingerprint density at radius 2 is 1.86 bits per heavy atom. The lowest BCUT2D eigenvalue weighted by atomic mass is 9.96. The van der Waals surface area contributed by atoms with Crippen LogP contribution >= 0.6 is 22.9 Å². The van der Waals surface area contributed by atoms with E-state index in [0.717, 1.165) is 4.70 Å². The molecule has 1 aliphatic heterocycles. The molecular formula is C27H19ClN4O4S. The van der Waals surface area contributed by atoms with Gasteiger partial charge in [0, 0.05) is 11.2 Å². The van der Waals surface area contributed by atoms with Crippen molar-refractivity contribution in [3.8, 4) is 5.75 Å². The monoisotopic (exact) mass is 530 g/mol. The van der Waals surface area contributed by atoms with Gasteiger partial charge < -0.3 is 9.84 Å². The number of halogens is 1. The summed E-state index contributed by atoms with van der Waals surface area (Å²) in [6.07, 6.45) is 1.75. The van der Waals surface area contributed by atoms with Gasteiger partial charge in [0.05, 0.1) is 34.6 Å². The lowest BCUT2D eigenvalue weighted by molar-refractivity contribution is -0.132. The summed E-state index contributed by atoms with van der Waals surface area (Å²) in [5.41, 5.74) is 2.71. The molecule has 1 saturated heterocycles. The first kappa shape index (κ1) is 23.2. The number of aliphatic hydroxyl groups is 1. The van der Waals surface area contributed by atoms with E-state index in [4.69, 9.17) is 16.3 Å². The fourth-order valence-electron chi connectivity index (χ4n) is 4.64. The molecule has 3 aromatic heterocycles. The number of anilines is 1. The summed E-state index contributed by atoms with van der Waals surface area (Å²) in [6.45, 7) is 1.75. The number of hydrogen-bond acceptors (Lipinski definition) is 7. The third kappa shape index (κ3) is 3.66. The van der Waals surface area contributed by atoms with E-state index < -0.39 is 17.7 Å². The summed E-state index contributed by atoms with van der Waals surface area (Å²) < 4.78 is 7.81. The number of amides is 1. The van der Waals surface area contributed by atoms with Crippen molar-refractivity contribution in [1.82, 2.24) is 14.4 Å². The minimum absolute atomic E-state index is 0.0436. The topological polar surface area (TPSA) is 97.0 Å². The van der Waals surface area contributed by atoms with Gasteiger partial charge in [0.2, 0.25) is 0 Å². The zero-order valence-corrected chi connectivity index (χ0v) is 21.2. The fourth-order valence-corrected chi connectivity index (χ4v) is 5.79. The molecule has 184 valence electrons. The zero-order valence-electron chi connectivity index (χ0n) is 19.7. The second kappa shape index (κ2) is 8.72. The molecule has 10 heteroatoms. The van der Waals surface area contributed by atoms with Gasteiger partial charge in [0.15, 0.2) is 10.9 Å². The first-order valence-electron chi connectivity index (χ1n) is 11.3. The summed E-state index contributed by atoms with van der Waals surface area (Å²) in [5, 5.41) is 12.4. The Kier molecular flexibility index (Phi) is 5.47. The number of imidazole rings is 1. The van der Waals surface area contributed by atoms with Gasteiger partial charge >= 0.3 is 5.91 Å². The largest absolute Gasteiger partial charge is 0.505 e. The second-order valence-electron chi connectivity index (χ2n) is 8.53. The Balaban J connectivity index is 1.59. The van der Waals surface area contributed by atoms with E-state index in [-0.39, 0.29) is 11.3 Å². The van der Waals surface area contributed by atoms with Gasteiger partial charge in [-0.25, -0.2) is 9.97 Å². The highest BCUT2D eigenvalue weighted by Crippen LogP contribution is 2.45. The van der Waals surface area contributed by atoms with Crippen LogP contribution in [-0.4, -0.2) is 38.3 Å². The highest BCUT2D eigenvalue weighted by molar-refractivity contribution is 7.22. The maximum absolute atomic E-state index is 13.5. The number of methoxy groups -OCH3 is 1. The number of Topliss-reactive ketones (excluding diaryl/α,β-unsaturated/α-hetero) is 1. The third-order valence-corrected chi connectivity index (χ3v) is 7.62. The van der Waals surface area contributed by atoms with Crippen molar-refractivity contribution in [1.29, 1.82) is 0 Å². The van der Waals surface area contributed by atoms with Crippen molar-refractivity contribution in [2.24, 2.45) is 0 Å². The van der Waals surface area contributed by atoms with Crippen LogP contribution in [0.3, 0.4) is 0 Å². The molecule has 1 aliphatic rings. The minimum atomic E-state index is -0.923. The number of ether oxygens (including phenoxy) is 1. The molecule has 0 aliphatic carbocycles. The van der Waals surface area contributed by atoms with Crippen LogP contribution in [0.25, 0.3) is 21.6 Å². The average molecular weight is 531 g/mol. The van der Waals surface area contributed by atoms with Crippen LogP contribution in [0.15, 0.2) is 72.4 Å². The van der Waals surface area contributed by atoms with Gasteiger partial charge in [-0.1, -0.05) is 41.1 Å². The Labute approximate surface area is 220 Å². The molecule has 1 atom stereocenters. The van der Waals surface area contributed by atoms with Crippen LogP contribution < -0.4 is 9.64 Å². The second-order valence-corrected chi connectivity index (χ2v) is 9.97. The molecule has 6 rings (SSSR count). The number of benzene rings is 2. The standard InChI is InChI=1S/C27H19ClN4O4S/c1-14-22(31-12-4-3-5-20(31)29-14)24(33)21-23(15-6-8-16(28)9-7-15)32(26(35)25(21)34)27-30-18-11-10-17(36-2)13-19(18)37-27/h3-13,23,33H,1-2H3/b24-21+. The molecule has 37 heavy (non-hydrogen) atoms. The number of pyridine rings is 1. The van der Waals surface area contributed by atoms with E-state index in [1.807, 2.05) is 12.1 Å². The van der Waals surface area contributed by atoms with Crippen LogP contribution in [-0.2, 0) is 9.59 Å². The number of carbonyl (C=O) groups is 2. The van der Waals surface area contributed by atoms with Crippen molar-refractivity contribution in [3.05, 3.63) is 94.4 Å². The first-order chi connectivity index (χ1) is 17.9. The Hall–Kier alpha value is -4.21. The number of aromatic nitrogens is 3. The molecule has 0 saturated carbocycles. The third-order valence-electron chi connectivity index (χ3n) is 6.35. The van der Waals surface area contributed by atoms with Crippen molar-refractivity contribution < 1.29 is 19.4 Å². The Morgan fingerprint density at radius 3 is 2.62 bits per heavy atom. The van der Waals surface area contributed by atoms with E-state index in [2.05, 4.69) is 9.97 Å². The van der Waals surface area contributed by atoms with Crippen molar-refractivity contribution in [2.45, 2.75) is 13.0 Å². The fraction of sp³-hybridized carbons (Fsp3) is 0.111. The Bertz CT molecular complexity index is 1760. The molecule has 1 N–H and O–H groups in total. The summed E-state index contributed by atoms with van der Waals surface area (Å²) in [4.78, 5) is 37.5. The van der Waals surface area contributed by atoms with E-state index in [9.17, 15) is 14.7 Å². The van der Waals surface area contributed by atoms with Gasteiger partial charge in [0.25, 0.3) is 5.78 Å². The maximum atomic E-state index is 13.5. The van der Waals surface area contributed by atoms with Crippen LogP contribution in [0.2, 0.25) is 5.02 Å². The smallest absolute Gasteiger partial charge is 0.301 e. The lowest BCUT2D eigenvalue weighted by Gasteiger charge is -2.23. The zero-order chi connectivity index (χ0) is 25.8. The number of thiazole rings is 1. The molecule has 8 nitrogen and oxygen atoms in total. The van der Waals surface area contributed by atoms with Crippen LogP contribution in [0.5, 0.6) is 5.75 Å². The number of ketones is 1. The lowest BCUT2D eigenvalue weighted by Crippen LogP contribution is -2.29. The van der Waals surface area contributed by atoms with Crippen LogP contribution in [0.1, 0.15) is 23.0 Å². The number of hydrogen-bond donors (Lipinski definition) is 1. The molecule has 1 amide bonds. The molecule has 2 aromatic carbocycles. The Morgan fingerprint density at radius 1 is 1.08 bits per heavy atom. The van der Waals surface area contributed by atoms with Gasteiger partial charge in [-0.2, -0.15) is 0 Å². The highest BCUT2D eigenvalue weighted by Gasteiger charge is 2.48. The van der Waals surface area contributed by atoms with Crippen LogP contribution in [0.4, 0.5) is 5.13 Å². The number of fused-ring (bicyclic) bond motifs is 2. The normalized spacial score (nSPS) is 17.3. The van der Waals surface area contributed by atoms with Gasteiger partial charge in [-0.15, -0.1) is 0 Å². The van der Waals surface area contributed by atoms with Crippen LogP contribution in [0, 0.1) is 6.92 Å². The predicted octanol–water partition coefficient (Wildman–Crippen LogP) is 5.54. The molecular weight excluding hydrogens is 512 g/mol. The average Bonchev–Trinajstić information content (AvgIpc) is 3.54. The molecule has 0 spiro atoms. The summed E-state index contributed by atoms with van der Waals surface area (Å²) in [5.74, 6) is -1.24. The van der Waals surface area contributed by atoms with Crippen molar-refractivity contribution in [2.75, 3.05) is 12.0 Å². The quantitative estimate of drug-likeness (QED) is 0.186. The molecule has 0 radical (unpaired) electrons. The summed E-state index contributed by atoms with van der Waals surface area (Å²) in [6, 6.07) is 16.7. The predicted molar refractivity (Wildman–Crippen MR) is 142 cm³/mol. The molecule has 5 aromatic rings. The van der Waals surface area contributed by atoms with Gasteiger partial charge in [-0.3, -0.25) is 18.9 Å². The SMILES string of the molecule is COc1ccc2nc(N3C(=O)C(=O)/C(=C(/O)c4c(C)nc5ccccn45)C3c3ccc(Cl)cc3)sc2c1. The number of aryl methyl sites for hydroxylation is 1. The van der Waals surface area contributed by atoms with E-state index in [1.165, 1.54) is 16.2 Å². The molecule has 1 fully saturated rings. The van der Waals surface area contributed by atoms with Crippen molar-refractivity contribution in [3.63, 3.8) is 0 Å². The van der Waals surface area contributed by atoms with E-state index in [1.54, 1.807) is 73.2 Å². The summed E-state index contributed by atoms with van der Waals surface area (Å²) in [7, 11) is 1.57. The minimum Gasteiger partial charge on any atom is -0.505 e. The van der Waals surface area contributed by atoms with Crippen molar-refractivity contribution >= 4 is 61.4 Å². The van der Waals surface area contributed by atoms with Gasteiger partial charge in [-0.05, 0) is 55.0 Å². The number of carbonyl (C=O) groups excluding carboxylic acids is 2. The highest BCUT2D eigenvalue weighted by atomic mass is 35.5. The maximum Gasteiger partial charge on any atom is 0.301 e. The summed E-state index contributed by atoms with van der Waals surface area (Å²) >= 11 is 7.40. The number of nitrogens with zero attached hydrogens (tertiary/aromatic N) is 4. The van der Waals surface area contributed by atoms with Gasteiger partial charge in [0.1, 0.15) is 17.1 Å². The molecule has 1 unspecified atom stereocenters. The first-order valence-corrected chi connectivity index (χ1v) is 12.5. The van der Waals surface area contributed by atoms with E-state index in [0.29, 0.717) is 44.0 Å². The number of aliphatic hydroxyl groups excluding tert-OH is 1.